The number of nitrogens with two attached hydrogens (primary N) is 1. The largest absolute Gasteiger partial charge is 0.507 e. The van der Waals surface area contributed by atoms with Crippen LogP contribution in [0.3, 0.4) is 0 Å². The number of para-hydroxylation sites is 1. The Bertz CT molecular complexity index is 515. The molecule has 90 valence electrons. The lowest BCUT2D eigenvalue weighted by molar-refractivity contribution is 0.415. The fraction of sp³-hybridized carbons (Fsp3) is 0.0769. The molecule has 2 aromatic rings. The molecule has 0 atom stereocenters. The maximum Gasteiger partial charge on any atom is 0.126 e. The standard InChI is InChI=1S/C13H13NO2.ClH/c1-16-13-5-3-2-4-11(13)10-7-6-9(14)8-12(10)15;/h2-8,15H,14H2,1H3;1H. The fourth-order valence-corrected chi connectivity index (χ4v) is 1.64. The van der Waals surface area contributed by atoms with Gasteiger partial charge in [-0.2, -0.15) is 0 Å². The van der Waals surface area contributed by atoms with E-state index in [-0.39, 0.29) is 18.2 Å². The molecule has 17 heavy (non-hydrogen) atoms. The zero-order valence-electron chi connectivity index (χ0n) is 9.38. The first-order valence-electron chi connectivity index (χ1n) is 4.94. The summed E-state index contributed by atoms with van der Waals surface area (Å²) in [7, 11) is 1.60. The van der Waals surface area contributed by atoms with Crippen LogP contribution in [0.1, 0.15) is 0 Å². The van der Waals surface area contributed by atoms with E-state index in [1.165, 1.54) is 6.07 Å². The summed E-state index contributed by atoms with van der Waals surface area (Å²) in [5.41, 5.74) is 7.69. The number of rotatable bonds is 2. The van der Waals surface area contributed by atoms with Gasteiger partial charge in [0.2, 0.25) is 0 Å². The zero-order chi connectivity index (χ0) is 11.5. The zero-order valence-corrected chi connectivity index (χ0v) is 10.2. The molecule has 3 nitrogen and oxygen atoms in total. The number of methoxy groups -OCH3 is 1. The Hall–Kier alpha value is -1.87. The van der Waals surface area contributed by atoms with Crippen LogP contribution in [0.4, 0.5) is 5.69 Å². The van der Waals surface area contributed by atoms with E-state index in [1.807, 2.05) is 24.3 Å². The van der Waals surface area contributed by atoms with Crippen molar-refractivity contribution in [2.45, 2.75) is 0 Å². The van der Waals surface area contributed by atoms with E-state index in [0.29, 0.717) is 11.3 Å². The third-order valence-corrected chi connectivity index (χ3v) is 2.42. The van der Waals surface area contributed by atoms with Crippen molar-refractivity contribution in [1.29, 1.82) is 0 Å². The molecule has 0 saturated carbocycles. The lowest BCUT2D eigenvalue weighted by Crippen LogP contribution is -1.89. The van der Waals surface area contributed by atoms with Gasteiger partial charge in [-0.1, -0.05) is 18.2 Å². The van der Waals surface area contributed by atoms with Crippen molar-refractivity contribution in [1.82, 2.24) is 0 Å². The average Bonchev–Trinajstić information content (AvgIpc) is 2.29. The van der Waals surface area contributed by atoms with Crippen LogP contribution in [0.15, 0.2) is 42.5 Å². The molecule has 0 heterocycles. The molecule has 0 aliphatic rings. The molecule has 0 bridgehead atoms. The maximum absolute atomic E-state index is 9.83. The number of halogens is 1. The highest BCUT2D eigenvalue weighted by molar-refractivity contribution is 5.85. The molecule has 0 amide bonds. The molecule has 0 aliphatic heterocycles. The molecule has 4 heteroatoms. The second-order valence-electron chi connectivity index (χ2n) is 3.48. The Morgan fingerprint density at radius 3 is 2.41 bits per heavy atom. The SMILES string of the molecule is COc1ccccc1-c1ccc(N)cc1O.Cl. The van der Waals surface area contributed by atoms with Gasteiger partial charge in [-0.25, -0.2) is 0 Å². The van der Waals surface area contributed by atoms with Crippen LogP contribution in [-0.4, -0.2) is 12.2 Å². The van der Waals surface area contributed by atoms with Crippen molar-refractivity contribution < 1.29 is 9.84 Å². The monoisotopic (exact) mass is 251 g/mol. The van der Waals surface area contributed by atoms with Crippen LogP contribution in [0.2, 0.25) is 0 Å². The van der Waals surface area contributed by atoms with E-state index >= 15 is 0 Å². The van der Waals surface area contributed by atoms with E-state index in [2.05, 4.69) is 0 Å². The van der Waals surface area contributed by atoms with Crippen molar-refractivity contribution in [3.63, 3.8) is 0 Å². The number of aromatic hydroxyl groups is 1. The summed E-state index contributed by atoms with van der Waals surface area (Å²) in [6, 6.07) is 12.6. The number of hydrogen-bond donors (Lipinski definition) is 2. The highest BCUT2D eigenvalue weighted by Crippen LogP contribution is 2.36. The quantitative estimate of drug-likeness (QED) is 0.807. The molecule has 0 aromatic heterocycles. The molecule has 2 aromatic carbocycles. The predicted octanol–water partition coefficient (Wildman–Crippen LogP) is 3.07. The van der Waals surface area contributed by atoms with Crippen LogP contribution in [0, 0.1) is 0 Å². The van der Waals surface area contributed by atoms with Gasteiger partial charge in [-0.3, -0.25) is 0 Å². The first-order valence-corrected chi connectivity index (χ1v) is 4.94. The van der Waals surface area contributed by atoms with E-state index in [9.17, 15) is 5.11 Å². The van der Waals surface area contributed by atoms with E-state index in [4.69, 9.17) is 10.5 Å². The van der Waals surface area contributed by atoms with Crippen LogP contribution in [0.5, 0.6) is 11.5 Å². The van der Waals surface area contributed by atoms with Crippen LogP contribution in [0.25, 0.3) is 11.1 Å². The maximum atomic E-state index is 9.83. The second kappa shape index (κ2) is 5.46. The number of phenols is 1. The summed E-state index contributed by atoms with van der Waals surface area (Å²) in [4.78, 5) is 0. The number of hydrogen-bond acceptors (Lipinski definition) is 3. The Morgan fingerprint density at radius 2 is 1.76 bits per heavy atom. The normalized spacial score (nSPS) is 9.47. The number of anilines is 1. The molecule has 0 unspecified atom stereocenters. The lowest BCUT2D eigenvalue weighted by Gasteiger charge is -2.10. The number of nitrogen functional groups attached to an aromatic ring is 1. The second-order valence-corrected chi connectivity index (χ2v) is 3.48. The smallest absolute Gasteiger partial charge is 0.126 e. The van der Waals surface area contributed by atoms with Crippen LogP contribution >= 0.6 is 12.4 Å². The molecule has 0 fully saturated rings. The van der Waals surface area contributed by atoms with Gasteiger partial charge in [-0.15, -0.1) is 12.4 Å². The summed E-state index contributed by atoms with van der Waals surface area (Å²) in [5, 5.41) is 9.83. The fourth-order valence-electron chi connectivity index (χ4n) is 1.64. The summed E-state index contributed by atoms with van der Waals surface area (Å²) in [6.07, 6.45) is 0. The lowest BCUT2D eigenvalue weighted by atomic mass is 10.0. The summed E-state index contributed by atoms with van der Waals surface area (Å²) in [6.45, 7) is 0. The van der Waals surface area contributed by atoms with Gasteiger partial charge >= 0.3 is 0 Å². The van der Waals surface area contributed by atoms with Crippen molar-refractivity contribution in [2.75, 3.05) is 12.8 Å². The Labute approximate surface area is 106 Å². The minimum Gasteiger partial charge on any atom is -0.507 e. The van der Waals surface area contributed by atoms with Gasteiger partial charge < -0.3 is 15.6 Å². The van der Waals surface area contributed by atoms with Gasteiger partial charge in [0.15, 0.2) is 0 Å². The minimum absolute atomic E-state index is 0. The topological polar surface area (TPSA) is 55.5 Å². The van der Waals surface area contributed by atoms with E-state index in [0.717, 1.165) is 11.3 Å². The highest BCUT2D eigenvalue weighted by atomic mass is 35.5. The first-order chi connectivity index (χ1) is 7.72. The molecule has 3 N–H and O–H groups in total. The van der Waals surface area contributed by atoms with Crippen molar-refractivity contribution in [2.24, 2.45) is 0 Å². The van der Waals surface area contributed by atoms with Crippen molar-refractivity contribution in [3.8, 4) is 22.6 Å². The van der Waals surface area contributed by atoms with Gasteiger partial charge in [0, 0.05) is 22.9 Å². The van der Waals surface area contributed by atoms with Crippen LogP contribution in [-0.2, 0) is 0 Å². The molecule has 0 spiro atoms. The van der Waals surface area contributed by atoms with E-state index < -0.39 is 0 Å². The molecule has 0 saturated heterocycles. The highest BCUT2D eigenvalue weighted by Gasteiger charge is 2.09. The minimum atomic E-state index is 0. The molecule has 0 aliphatic carbocycles. The van der Waals surface area contributed by atoms with Crippen LogP contribution < -0.4 is 10.5 Å². The molecule has 2 rings (SSSR count). The first kappa shape index (κ1) is 13.2. The Morgan fingerprint density at radius 1 is 1.06 bits per heavy atom. The summed E-state index contributed by atoms with van der Waals surface area (Å²) < 4.78 is 5.24. The number of ether oxygens (including phenoxy) is 1. The Kier molecular flexibility index (Phi) is 4.24. The van der Waals surface area contributed by atoms with Gasteiger partial charge in [-0.05, 0) is 18.2 Å². The van der Waals surface area contributed by atoms with Crippen molar-refractivity contribution >= 4 is 18.1 Å². The molecular formula is C13H14ClNO2. The summed E-state index contributed by atoms with van der Waals surface area (Å²) in [5.74, 6) is 0.882. The molecule has 0 radical (unpaired) electrons. The van der Waals surface area contributed by atoms with Gasteiger partial charge in [0.05, 0.1) is 7.11 Å². The molecular weight excluding hydrogens is 238 g/mol. The number of phenolic OH excluding ortho intramolecular Hbond substituents is 1. The third kappa shape index (κ3) is 2.63. The summed E-state index contributed by atoms with van der Waals surface area (Å²) >= 11 is 0. The van der Waals surface area contributed by atoms with E-state index in [1.54, 1.807) is 19.2 Å². The number of benzene rings is 2. The van der Waals surface area contributed by atoms with Gasteiger partial charge in [0.1, 0.15) is 11.5 Å². The average molecular weight is 252 g/mol. The third-order valence-electron chi connectivity index (χ3n) is 2.42. The Balaban J connectivity index is 0.00000144. The van der Waals surface area contributed by atoms with Crippen molar-refractivity contribution in [3.05, 3.63) is 42.5 Å². The van der Waals surface area contributed by atoms with Gasteiger partial charge in [0.25, 0.3) is 0 Å². The predicted molar refractivity (Wildman–Crippen MR) is 71.8 cm³/mol.